The van der Waals surface area contributed by atoms with Gasteiger partial charge in [-0.15, -0.1) is 0 Å². The highest BCUT2D eigenvalue weighted by molar-refractivity contribution is 5.89. The molecule has 0 spiro atoms. The third-order valence-corrected chi connectivity index (χ3v) is 4.37. The van der Waals surface area contributed by atoms with E-state index in [1.807, 2.05) is 26.0 Å². The van der Waals surface area contributed by atoms with Crippen molar-refractivity contribution in [2.75, 3.05) is 0 Å². The van der Waals surface area contributed by atoms with Gasteiger partial charge in [0.25, 0.3) is 0 Å². The van der Waals surface area contributed by atoms with Crippen LogP contribution in [0.3, 0.4) is 0 Å². The van der Waals surface area contributed by atoms with Crippen LogP contribution in [0.2, 0.25) is 0 Å². The van der Waals surface area contributed by atoms with E-state index in [4.69, 9.17) is 0 Å². The molecule has 5 unspecified atom stereocenters. The molecule has 1 fully saturated rings. The van der Waals surface area contributed by atoms with Crippen LogP contribution in [-0.4, -0.2) is 34.1 Å². The van der Waals surface area contributed by atoms with Crippen LogP contribution in [0.15, 0.2) is 12.2 Å². The van der Waals surface area contributed by atoms with E-state index in [0.29, 0.717) is 12.8 Å². The largest absolute Gasteiger partial charge is 0.481 e. The van der Waals surface area contributed by atoms with Gasteiger partial charge in [-0.25, -0.2) is 4.79 Å². The highest BCUT2D eigenvalue weighted by atomic mass is 16.4. The number of carboxylic acids is 2. The van der Waals surface area contributed by atoms with Gasteiger partial charge in [0.2, 0.25) is 5.91 Å². The Bertz CT molecular complexity index is 484. The van der Waals surface area contributed by atoms with E-state index in [1.54, 1.807) is 0 Å². The van der Waals surface area contributed by atoms with Crippen molar-refractivity contribution in [1.82, 2.24) is 5.32 Å². The van der Waals surface area contributed by atoms with Gasteiger partial charge < -0.3 is 15.5 Å². The highest BCUT2D eigenvalue weighted by Gasteiger charge is 2.52. The molecule has 0 radical (unpaired) electrons. The summed E-state index contributed by atoms with van der Waals surface area (Å²) in [5.41, 5.74) is 0. The molecule has 5 atom stereocenters. The summed E-state index contributed by atoms with van der Waals surface area (Å²) in [6.07, 6.45) is 4.73. The summed E-state index contributed by atoms with van der Waals surface area (Å²) in [4.78, 5) is 35.0. The average molecular weight is 295 g/mol. The summed E-state index contributed by atoms with van der Waals surface area (Å²) < 4.78 is 0. The van der Waals surface area contributed by atoms with Crippen LogP contribution in [0, 0.1) is 29.6 Å². The molecule has 0 aromatic heterocycles. The van der Waals surface area contributed by atoms with E-state index in [1.165, 1.54) is 0 Å². The van der Waals surface area contributed by atoms with Gasteiger partial charge in [-0.3, -0.25) is 9.59 Å². The van der Waals surface area contributed by atoms with Gasteiger partial charge in [0.05, 0.1) is 11.8 Å². The zero-order valence-electron chi connectivity index (χ0n) is 12.2. The number of allylic oxidation sites excluding steroid dienone is 2. The highest BCUT2D eigenvalue weighted by Crippen LogP contribution is 2.48. The number of carbonyl (C=O) groups is 3. The van der Waals surface area contributed by atoms with Gasteiger partial charge in [0.1, 0.15) is 6.04 Å². The van der Waals surface area contributed by atoms with Gasteiger partial charge in [-0.2, -0.15) is 0 Å². The molecule has 2 rings (SSSR count). The molecule has 2 aliphatic carbocycles. The van der Waals surface area contributed by atoms with E-state index in [0.717, 1.165) is 0 Å². The van der Waals surface area contributed by atoms with Crippen molar-refractivity contribution >= 4 is 17.8 Å². The van der Waals surface area contributed by atoms with Crippen molar-refractivity contribution in [1.29, 1.82) is 0 Å². The zero-order chi connectivity index (χ0) is 15.7. The fraction of sp³-hybridized carbons (Fsp3) is 0.667. The van der Waals surface area contributed by atoms with Gasteiger partial charge in [-0.05, 0) is 30.6 Å². The minimum Gasteiger partial charge on any atom is -0.481 e. The SMILES string of the molecule is CC(C)CC(NC(=O)C1C2C=CC(C2)C1C(=O)O)C(=O)O. The van der Waals surface area contributed by atoms with Gasteiger partial charge in [0.15, 0.2) is 0 Å². The predicted octanol–water partition coefficient (Wildman–Crippen LogP) is 1.12. The molecule has 21 heavy (non-hydrogen) atoms. The molecule has 0 saturated heterocycles. The Morgan fingerprint density at radius 2 is 1.71 bits per heavy atom. The first-order valence-corrected chi connectivity index (χ1v) is 7.25. The first-order chi connectivity index (χ1) is 9.81. The minimum absolute atomic E-state index is 0.0930. The molecule has 0 heterocycles. The number of nitrogens with one attached hydrogen (secondary N) is 1. The second-order valence-corrected chi connectivity index (χ2v) is 6.37. The predicted molar refractivity (Wildman–Crippen MR) is 74.4 cm³/mol. The normalized spacial score (nSPS) is 31.4. The second kappa shape index (κ2) is 5.87. The lowest BCUT2D eigenvalue weighted by molar-refractivity contribution is -0.149. The fourth-order valence-corrected chi connectivity index (χ4v) is 3.48. The van der Waals surface area contributed by atoms with Gasteiger partial charge >= 0.3 is 11.9 Å². The lowest BCUT2D eigenvalue weighted by atomic mass is 9.82. The van der Waals surface area contributed by atoms with Crippen LogP contribution >= 0.6 is 0 Å². The van der Waals surface area contributed by atoms with E-state index in [2.05, 4.69) is 5.32 Å². The molecule has 6 heteroatoms. The first kappa shape index (κ1) is 15.5. The van der Waals surface area contributed by atoms with E-state index in [-0.39, 0.29) is 17.8 Å². The number of fused-ring (bicyclic) bond motifs is 2. The Labute approximate surface area is 123 Å². The quantitative estimate of drug-likeness (QED) is 0.637. The molecule has 3 N–H and O–H groups in total. The lowest BCUT2D eigenvalue weighted by Gasteiger charge is -2.26. The Kier molecular flexibility index (Phi) is 4.34. The maximum atomic E-state index is 12.4. The van der Waals surface area contributed by atoms with E-state index in [9.17, 15) is 24.6 Å². The maximum Gasteiger partial charge on any atom is 0.326 e. The molecule has 2 bridgehead atoms. The minimum atomic E-state index is -1.08. The summed E-state index contributed by atoms with van der Waals surface area (Å²) in [5, 5.41) is 21.0. The number of rotatable bonds is 6. The van der Waals surface area contributed by atoms with Crippen LogP contribution in [0.5, 0.6) is 0 Å². The average Bonchev–Trinajstić information content (AvgIpc) is 2.96. The maximum absolute atomic E-state index is 12.4. The Morgan fingerprint density at radius 1 is 1.14 bits per heavy atom. The Balaban J connectivity index is 2.10. The number of aliphatic carboxylic acids is 2. The molecule has 0 aromatic rings. The topological polar surface area (TPSA) is 104 Å². The standard InChI is InChI=1S/C15H21NO5/c1-7(2)5-10(14(18)19)16-13(17)11-8-3-4-9(6-8)12(11)15(20)21/h3-4,7-12H,5-6H2,1-2H3,(H,16,17)(H,18,19)(H,20,21). The number of hydrogen-bond acceptors (Lipinski definition) is 3. The summed E-state index contributed by atoms with van der Waals surface area (Å²) in [5.74, 6) is -4.00. The molecule has 0 aromatic carbocycles. The van der Waals surface area contributed by atoms with Crippen LogP contribution in [0.4, 0.5) is 0 Å². The molecule has 2 aliphatic rings. The number of amides is 1. The van der Waals surface area contributed by atoms with Crippen LogP contribution in [0.1, 0.15) is 26.7 Å². The third-order valence-electron chi connectivity index (χ3n) is 4.37. The van der Waals surface area contributed by atoms with Crippen LogP contribution in [-0.2, 0) is 14.4 Å². The van der Waals surface area contributed by atoms with Crippen LogP contribution in [0.25, 0.3) is 0 Å². The number of hydrogen-bond donors (Lipinski definition) is 3. The van der Waals surface area contributed by atoms with E-state index >= 15 is 0 Å². The monoisotopic (exact) mass is 295 g/mol. The smallest absolute Gasteiger partial charge is 0.326 e. The van der Waals surface area contributed by atoms with Crippen molar-refractivity contribution in [3.8, 4) is 0 Å². The van der Waals surface area contributed by atoms with Gasteiger partial charge in [-0.1, -0.05) is 26.0 Å². The summed E-state index contributed by atoms with van der Waals surface area (Å²) in [6.45, 7) is 3.75. The number of carboxylic acid groups (broad SMARTS) is 2. The molecular weight excluding hydrogens is 274 g/mol. The van der Waals surface area contributed by atoms with Crippen molar-refractivity contribution < 1.29 is 24.6 Å². The van der Waals surface area contributed by atoms with Crippen molar-refractivity contribution in [2.45, 2.75) is 32.7 Å². The lowest BCUT2D eigenvalue weighted by Crippen LogP contribution is -2.47. The van der Waals surface area contributed by atoms with Gasteiger partial charge in [0, 0.05) is 0 Å². The van der Waals surface area contributed by atoms with Crippen LogP contribution < -0.4 is 5.32 Å². The van der Waals surface area contributed by atoms with E-state index < -0.39 is 35.7 Å². The van der Waals surface area contributed by atoms with Crippen molar-refractivity contribution in [2.24, 2.45) is 29.6 Å². The second-order valence-electron chi connectivity index (χ2n) is 6.37. The summed E-state index contributed by atoms with van der Waals surface area (Å²) in [6, 6.07) is -0.963. The molecule has 116 valence electrons. The Hall–Kier alpha value is -1.85. The number of carbonyl (C=O) groups excluding carboxylic acids is 1. The third kappa shape index (κ3) is 3.09. The van der Waals surface area contributed by atoms with Crippen molar-refractivity contribution in [3.63, 3.8) is 0 Å². The first-order valence-electron chi connectivity index (χ1n) is 7.25. The fourth-order valence-electron chi connectivity index (χ4n) is 3.48. The molecule has 0 aliphatic heterocycles. The zero-order valence-corrected chi connectivity index (χ0v) is 12.2. The molecule has 1 saturated carbocycles. The molecule has 1 amide bonds. The molecule has 6 nitrogen and oxygen atoms in total. The summed E-state index contributed by atoms with van der Waals surface area (Å²) in [7, 11) is 0. The Morgan fingerprint density at radius 3 is 2.19 bits per heavy atom. The molecular formula is C15H21NO5. The summed E-state index contributed by atoms with van der Waals surface area (Å²) >= 11 is 0. The van der Waals surface area contributed by atoms with Crippen molar-refractivity contribution in [3.05, 3.63) is 12.2 Å².